The molecule has 1 aromatic carbocycles. The van der Waals surface area contributed by atoms with Gasteiger partial charge >= 0.3 is 0 Å². The average molecular weight is 256 g/mol. The lowest BCUT2D eigenvalue weighted by atomic mass is 9.45. The first-order chi connectivity index (χ1) is 9.09. The Labute approximate surface area is 116 Å². The Hall–Kier alpha value is -0.820. The van der Waals surface area contributed by atoms with Gasteiger partial charge < -0.3 is 5.11 Å². The molecule has 5 rings (SSSR count). The molecule has 0 saturated heterocycles. The average Bonchev–Trinajstić information content (AvgIpc) is 2.38. The molecule has 1 nitrogen and oxygen atoms in total. The van der Waals surface area contributed by atoms with Gasteiger partial charge in [-0.2, -0.15) is 0 Å². The molecule has 4 fully saturated rings. The standard InChI is InChI=1S/C18H24O/c1-17(19,16-5-3-2-4-6-16)18-10-13-7-14(11-18)9-15(8-13)12-18/h2-6,13-15,19H,7-12H2,1H3/t13?,14?,15?,17-,18?/m1/s1. The van der Waals surface area contributed by atoms with E-state index in [-0.39, 0.29) is 5.41 Å². The fourth-order valence-corrected chi connectivity index (χ4v) is 5.78. The summed E-state index contributed by atoms with van der Waals surface area (Å²) in [5, 5.41) is 11.4. The van der Waals surface area contributed by atoms with E-state index in [1.807, 2.05) is 6.07 Å². The van der Waals surface area contributed by atoms with Crippen LogP contribution in [0.3, 0.4) is 0 Å². The van der Waals surface area contributed by atoms with Gasteiger partial charge in [-0.1, -0.05) is 30.3 Å². The van der Waals surface area contributed by atoms with Gasteiger partial charge in [-0.25, -0.2) is 0 Å². The Balaban J connectivity index is 1.75. The summed E-state index contributed by atoms with van der Waals surface area (Å²) in [4.78, 5) is 0. The molecule has 1 heteroatoms. The van der Waals surface area contributed by atoms with Gasteiger partial charge in [0.05, 0.1) is 5.60 Å². The molecule has 19 heavy (non-hydrogen) atoms. The fourth-order valence-electron chi connectivity index (χ4n) is 5.78. The molecule has 4 aliphatic rings. The van der Waals surface area contributed by atoms with Gasteiger partial charge in [0, 0.05) is 5.41 Å². The van der Waals surface area contributed by atoms with Crippen molar-refractivity contribution in [2.24, 2.45) is 23.2 Å². The van der Waals surface area contributed by atoms with Crippen LogP contribution in [0, 0.1) is 23.2 Å². The molecule has 0 aromatic heterocycles. The minimum atomic E-state index is -0.649. The molecule has 0 aliphatic heterocycles. The lowest BCUT2D eigenvalue weighted by molar-refractivity contribution is -0.176. The molecule has 1 aromatic rings. The van der Waals surface area contributed by atoms with Gasteiger partial charge in [-0.3, -0.25) is 0 Å². The van der Waals surface area contributed by atoms with Gasteiger partial charge in [-0.05, 0) is 68.8 Å². The maximum atomic E-state index is 11.4. The maximum Gasteiger partial charge on any atom is 0.0924 e. The monoisotopic (exact) mass is 256 g/mol. The second-order valence-electron chi connectivity index (χ2n) is 7.64. The van der Waals surface area contributed by atoms with E-state index in [9.17, 15) is 5.11 Å². The minimum Gasteiger partial charge on any atom is -0.385 e. The van der Waals surface area contributed by atoms with E-state index in [0.29, 0.717) is 0 Å². The summed E-state index contributed by atoms with van der Waals surface area (Å²) in [6.07, 6.45) is 8.06. The van der Waals surface area contributed by atoms with E-state index in [1.54, 1.807) is 0 Å². The molecule has 1 N–H and O–H groups in total. The molecule has 102 valence electrons. The van der Waals surface area contributed by atoms with Crippen LogP contribution in [0.15, 0.2) is 30.3 Å². The lowest BCUT2D eigenvalue weighted by Gasteiger charge is -2.61. The second-order valence-corrected chi connectivity index (χ2v) is 7.64. The first-order valence-electron chi connectivity index (χ1n) is 7.87. The molecule has 0 amide bonds. The predicted molar refractivity (Wildman–Crippen MR) is 76.6 cm³/mol. The van der Waals surface area contributed by atoms with E-state index >= 15 is 0 Å². The largest absolute Gasteiger partial charge is 0.385 e. The molecule has 0 unspecified atom stereocenters. The number of rotatable bonds is 2. The van der Waals surface area contributed by atoms with E-state index in [1.165, 1.54) is 38.5 Å². The van der Waals surface area contributed by atoms with Crippen molar-refractivity contribution < 1.29 is 5.11 Å². The van der Waals surface area contributed by atoms with Crippen LogP contribution in [-0.4, -0.2) is 5.11 Å². The summed E-state index contributed by atoms with van der Waals surface area (Å²) in [5.74, 6) is 2.67. The molecule has 1 atom stereocenters. The van der Waals surface area contributed by atoms with Crippen LogP contribution in [0.1, 0.15) is 51.0 Å². The van der Waals surface area contributed by atoms with Crippen LogP contribution in [-0.2, 0) is 5.60 Å². The van der Waals surface area contributed by atoms with Gasteiger partial charge in [0.2, 0.25) is 0 Å². The van der Waals surface area contributed by atoms with Crippen molar-refractivity contribution in [2.75, 3.05) is 0 Å². The van der Waals surface area contributed by atoms with Crippen molar-refractivity contribution in [1.82, 2.24) is 0 Å². The quantitative estimate of drug-likeness (QED) is 0.844. The molecule has 0 heterocycles. The molecule has 0 spiro atoms. The highest BCUT2D eigenvalue weighted by Gasteiger charge is 2.58. The second kappa shape index (κ2) is 3.85. The third kappa shape index (κ3) is 1.64. The Morgan fingerprint density at radius 1 is 0.947 bits per heavy atom. The lowest BCUT2D eigenvalue weighted by Crippen LogP contribution is -2.55. The van der Waals surface area contributed by atoms with Gasteiger partial charge in [-0.15, -0.1) is 0 Å². The van der Waals surface area contributed by atoms with Crippen molar-refractivity contribution in [3.63, 3.8) is 0 Å². The maximum absolute atomic E-state index is 11.4. The Bertz CT molecular complexity index is 438. The van der Waals surface area contributed by atoms with E-state index in [4.69, 9.17) is 0 Å². The van der Waals surface area contributed by atoms with Crippen LogP contribution < -0.4 is 0 Å². The first kappa shape index (κ1) is 12.0. The van der Waals surface area contributed by atoms with Crippen molar-refractivity contribution in [1.29, 1.82) is 0 Å². The van der Waals surface area contributed by atoms with Crippen molar-refractivity contribution in [3.8, 4) is 0 Å². The van der Waals surface area contributed by atoms with Gasteiger partial charge in [0.25, 0.3) is 0 Å². The van der Waals surface area contributed by atoms with Gasteiger partial charge in [0.1, 0.15) is 0 Å². The minimum absolute atomic E-state index is 0.156. The Morgan fingerprint density at radius 3 is 1.89 bits per heavy atom. The van der Waals surface area contributed by atoms with E-state index in [0.717, 1.165) is 23.3 Å². The topological polar surface area (TPSA) is 20.2 Å². The smallest absolute Gasteiger partial charge is 0.0924 e. The van der Waals surface area contributed by atoms with E-state index in [2.05, 4.69) is 31.2 Å². The van der Waals surface area contributed by atoms with Crippen molar-refractivity contribution in [2.45, 2.75) is 51.0 Å². The SMILES string of the molecule is C[C@@](O)(c1ccccc1)C12CC3CC(CC(C3)C1)C2. The highest BCUT2D eigenvalue weighted by Crippen LogP contribution is 2.65. The zero-order valence-electron chi connectivity index (χ0n) is 11.8. The molecular formula is C18H24O. The molecule has 0 radical (unpaired) electrons. The highest BCUT2D eigenvalue weighted by atomic mass is 16.3. The summed E-state index contributed by atoms with van der Waals surface area (Å²) < 4.78 is 0. The van der Waals surface area contributed by atoms with Crippen molar-refractivity contribution in [3.05, 3.63) is 35.9 Å². The zero-order valence-corrected chi connectivity index (χ0v) is 11.8. The van der Waals surface area contributed by atoms with Crippen LogP contribution in [0.2, 0.25) is 0 Å². The Kier molecular flexibility index (Phi) is 2.42. The molecule has 4 saturated carbocycles. The van der Waals surface area contributed by atoms with Crippen LogP contribution in [0.25, 0.3) is 0 Å². The third-order valence-corrected chi connectivity index (χ3v) is 6.41. The molecule has 4 bridgehead atoms. The predicted octanol–water partition coefficient (Wildman–Crippen LogP) is 4.11. The summed E-state index contributed by atoms with van der Waals surface area (Å²) in [6.45, 7) is 2.08. The summed E-state index contributed by atoms with van der Waals surface area (Å²) in [7, 11) is 0. The number of hydrogen-bond donors (Lipinski definition) is 1. The fraction of sp³-hybridized carbons (Fsp3) is 0.667. The number of aliphatic hydroxyl groups is 1. The summed E-state index contributed by atoms with van der Waals surface area (Å²) in [6, 6.07) is 10.4. The normalized spacial score (nSPS) is 43.2. The van der Waals surface area contributed by atoms with E-state index < -0.39 is 5.60 Å². The zero-order chi connectivity index (χ0) is 13.1. The molecule has 4 aliphatic carbocycles. The highest BCUT2D eigenvalue weighted by molar-refractivity contribution is 5.26. The summed E-state index contributed by atoms with van der Waals surface area (Å²) >= 11 is 0. The Morgan fingerprint density at radius 2 is 1.42 bits per heavy atom. The van der Waals surface area contributed by atoms with Crippen LogP contribution in [0.4, 0.5) is 0 Å². The van der Waals surface area contributed by atoms with Gasteiger partial charge in [0.15, 0.2) is 0 Å². The van der Waals surface area contributed by atoms with Crippen LogP contribution in [0.5, 0.6) is 0 Å². The third-order valence-electron chi connectivity index (χ3n) is 6.41. The van der Waals surface area contributed by atoms with Crippen LogP contribution >= 0.6 is 0 Å². The number of benzene rings is 1. The first-order valence-corrected chi connectivity index (χ1v) is 7.87. The molecular weight excluding hydrogens is 232 g/mol. The summed E-state index contributed by atoms with van der Waals surface area (Å²) in [5.41, 5.74) is 0.629. The van der Waals surface area contributed by atoms with Crippen molar-refractivity contribution >= 4 is 0 Å². The number of hydrogen-bond acceptors (Lipinski definition) is 1.